The van der Waals surface area contributed by atoms with Gasteiger partial charge in [-0.1, -0.05) is 27.4 Å². The maximum atomic E-state index is 12.7. The molecule has 0 aliphatic heterocycles. The summed E-state index contributed by atoms with van der Waals surface area (Å²) in [6.45, 7) is 15.9. The summed E-state index contributed by atoms with van der Waals surface area (Å²) in [5.74, 6) is -3.90. The third kappa shape index (κ3) is 4.66. The van der Waals surface area contributed by atoms with Crippen LogP contribution in [0.15, 0.2) is 23.5 Å². The van der Waals surface area contributed by atoms with Crippen molar-refractivity contribution < 1.29 is 48.3 Å². The van der Waals surface area contributed by atoms with Crippen LogP contribution in [-0.4, -0.2) is 64.1 Å². The number of hydrogen-bond acceptors (Lipinski definition) is 10. The number of carbonyl (C=O) groups is 4. The van der Waals surface area contributed by atoms with Crippen molar-refractivity contribution in [3.63, 3.8) is 0 Å². The molecule has 0 aromatic heterocycles. The summed E-state index contributed by atoms with van der Waals surface area (Å²) in [6.07, 6.45) is -3.89. The predicted molar refractivity (Wildman–Crippen MR) is 134 cm³/mol. The van der Waals surface area contributed by atoms with Gasteiger partial charge >= 0.3 is 23.9 Å². The van der Waals surface area contributed by atoms with Crippen LogP contribution in [0.5, 0.6) is 0 Å². The number of rotatable bonds is 4. The highest BCUT2D eigenvalue weighted by Gasteiger charge is 2.71. The fraction of sp³-hybridized carbons (Fsp3) is 0.714. The lowest BCUT2D eigenvalue weighted by atomic mass is 9.46. The number of allylic oxidation sites excluding steroid dienone is 1. The van der Waals surface area contributed by atoms with Crippen molar-refractivity contribution >= 4 is 23.9 Å². The van der Waals surface area contributed by atoms with E-state index in [-0.39, 0.29) is 30.6 Å². The largest absolute Gasteiger partial charge is 0.462 e. The minimum atomic E-state index is -2.02. The molecule has 38 heavy (non-hydrogen) atoms. The molecule has 212 valence electrons. The molecule has 10 heteroatoms. The molecule has 0 saturated heterocycles. The highest BCUT2D eigenvalue weighted by Crippen LogP contribution is 2.63. The van der Waals surface area contributed by atoms with Gasteiger partial charge in [0.2, 0.25) is 0 Å². The first-order chi connectivity index (χ1) is 17.4. The molecule has 0 amide bonds. The molecule has 8 unspecified atom stereocenters. The second-order valence-electron chi connectivity index (χ2n) is 11.7. The van der Waals surface area contributed by atoms with Crippen LogP contribution in [0.1, 0.15) is 74.7 Å². The summed E-state index contributed by atoms with van der Waals surface area (Å²) in [5.41, 5.74) is -3.66. The number of aliphatic hydroxyl groups excluding tert-OH is 1. The van der Waals surface area contributed by atoms with E-state index in [0.717, 1.165) is 0 Å². The van der Waals surface area contributed by atoms with Gasteiger partial charge in [0, 0.05) is 62.4 Å². The van der Waals surface area contributed by atoms with Crippen LogP contribution in [-0.2, 0) is 38.1 Å². The lowest BCUT2D eigenvalue weighted by Crippen LogP contribution is -2.73. The molecule has 2 saturated carbocycles. The van der Waals surface area contributed by atoms with Gasteiger partial charge in [0.25, 0.3) is 0 Å². The first kappa shape index (κ1) is 29.8. The van der Waals surface area contributed by atoms with Crippen molar-refractivity contribution in [3.05, 3.63) is 23.5 Å². The molecule has 0 radical (unpaired) electrons. The summed E-state index contributed by atoms with van der Waals surface area (Å²) < 4.78 is 23.3. The molecule has 0 spiro atoms. The third-order valence-corrected chi connectivity index (χ3v) is 9.02. The Hall–Kier alpha value is -2.72. The van der Waals surface area contributed by atoms with E-state index in [4.69, 9.17) is 18.9 Å². The molecule has 2 bridgehead atoms. The van der Waals surface area contributed by atoms with Gasteiger partial charge in [-0.05, 0) is 25.3 Å². The van der Waals surface area contributed by atoms with Gasteiger partial charge in [-0.2, -0.15) is 0 Å². The van der Waals surface area contributed by atoms with E-state index < -0.39 is 76.6 Å². The van der Waals surface area contributed by atoms with E-state index in [0.29, 0.717) is 5.57 Å². The van der Waals surface area contributed by atoms with Gasteiger partial charge < -0.3 is 29.2 Å². The van der Waals surface area contributed by atoms with E-state index in [1.54, 1.807) is 27.7 Å². The van der Waals surface area contributed by atoms with E-state index >= 15 is 0 Å². The topological polar surface area (TPSA) is 146 Å². The van der Waals surface area contributed by atoms with Gasteiger partial charge in [-0.15, -0.1) is 0 Å². The summed E-state index contributed by atoms with van der Waals surface area (Å²) >= 11 is 0. The van der Waals surface area contributed by atoms with Gasteiger partial charge in [0.15, 0.2) is 6.10 Å². The maximum Gasteiger partial charge on any atom is 0.307 e. The van der Waals surface area contributed by atoms with Crippen LogP contribution in [0.4, 0.5) is 0 Å². The van der Waals surface area contributed by atoms with Crippen molar-refractivity contribution in [3.8, 4) is 0 Å². The molecule has 2 N–H and O–H groups in total. The van der Waals surface area contributed by atoms with Crippen LogP contribution in [0.2, 0.25) is 0 Å². The van der Waals surface area contributed by atoms with Crippen LogP contribution in [0, 0.1) is 22.7 Å². The Bertz CT molecular complexity index is 1070. The van der Waals surface area contributed by atoms with Crippen LogP contribution >= 0.6 is 0 Å². The fourth-order valence-corrected chi connectivity index (χ4v) is 7.15. The Morgan fingerprint density at radius 3 is 1.92 bits per heavy atom. The zero-order valence-corrected chi connectivity index (χ0v) is 23.5. The van der Waals surface area contributed by atoms with Crippen molar-refractivity contribution in [2.24, 2.45) is 22.7 Å². The standard InChI is InChI=1S/C28H40O10/c1-13-20(33)10-11-27(9)22(13)23(36-16(4)30)19-12-21(35-15(3)29)14(2)28(34,26(19,7)8)25(38-18(6)32)24(27)37-17(5)31/h19-20,22-25,33-34H,1,10-12H2,2-9H3. The monoisotopic (exact) mass is 536 g/mol. The van der Waals surface area contributed by atoms with Crippen LogP contribution < -0.4 is 0 Å². The van der Waals surface area contributed by atoms with E-state index in [1.807, 2.05) is 0 Å². The Kier molecular flexibility index (Phi) is 7.94. The number of aliphatic hydroxyl groups is 2. The van der Waals surface area contributed by atoms with Gasteiger partial charge in [-0.25, -0.2) is 0 Å². The number of ether oxygens (including phenoxy) is 4. The molecule has 0 aromatic rings. The number of fused-ring (bicyclic) bond motifs is 3. The lowest BCUT2D eigenvalue weighted by Gasteiger charge is -2.63. The number of carbonyl (C=O) groups excluding carboxylic acids is 4. The van der Waals surface area contributed by atoms with Gasteiger partial charge in [0.1, 0.15) is 23.6 Å². The minimum absolute atomic E-state index is 0.111. The Balaban J connectivity index is 2.49. The summed E-state index contributed by atoms with van der Waals surface area (Å²) in [5, 5.41) is 23.6. The highest BCUT2D eigenvalue weighted by atomic mass is 16.6. The Morgan fingerprint density at radius 1 is 0.895 bits per heavy atom. The number of hydrogen-bond donors (Lipinski definition) is 2. The molecular weight excluding hydrogens is 496 g/mol. The smallest absolute Gasteiger partial charge is 0.307 e. The second-order valence-corrected chi connectivity index (χ2v) is 11.7. The summed E-state index contributed by atoms with van der Waals surface area (Å²) in [7, 11) is 0. The minimum Gasteiger partial charge on any atom is -0.462 e. The van der Waals surface area contributed by atoms with Crippen molar-refractivity contribution in [1.82, 2.24) is 0 Å². The first-order valence-electron chi connectivity index (χ1n) is 12.9. The van der Waals surface area contributed by atoms with Gasteiger partial charge in [0.05, 0.1) is 6.10 Å². The second kappa shape index (κ2) is 10.1. The molecule has 3 aliphatic rings. The molecule has 2 fully saturated rings. The van der Waals surface area contributed by atoms with Crippen molar-refractivity contribution in [2.75, 3.05) is 0 Å². The Labute approximate surface area is 223 Å². The normalized spacial score (nSPS) is 38.2. The zero-order chi connectivity index (χ0) is 29.0. The number of esters is 4. The van der Waals surface area contributed by atoms with E-state index in [9.17, 15) is 29.4 Å². The average molecular weight is 537 g/mol. The summed E-state index contributed by atoms with van der Waals surface area (Å²) in [6, 6.07) is 0. The molecule has 3 aliphatic carbocycles. The molecule has 10 nitrogen and oxygen atoms in total. The van der Waals surface area contributed by atoms with E-state index in [1.165, 1.54) is 27.7 Å². The zero-order valence-electron chi connectivity index (χ0n) is 23.5. The average Bonchev–Trinajstić information content (AvgIpc) is 2.77. The quantitative estimate of drug-likeness (QED) is 0.312. The van der Waals surface area contributed by atoms with Crippen molar-refractivity contribution in [2.45, 2.75) is 105 Å². The lowest BCUT2D eigenvalue weighted by molar-refractivity contribution is -0.263. The predicted octanol–water partition coefficient (Wildman–Crippen LogP) is 2.74. The molecule has 0 aromatic carbocycles. The maximum absolute atomic E-state index is 12.7. The third-order valence-electron chi connectivity index (χ3n) is 9.02. The molecule has 3 rings (SSSR count). The summed E-state index contributed by atoms with van der Waals surface area (Å²) in [4.78, 5) is 49.6. The van der Waals surface area contributed by atoms with Crippen LogP contribution in [0.3, 0.4) is 0 Å². The van der Waals surface area contributed by atoms with Crippen molar-refractivity contribution in [1.29, 1.82) is 0 Å². The SMILES string of the molecule is C=C1C(O)CCC2(C)C(OC(C)=O)C(OC(C)=O)C3(O)C(C)=C(OC(C)=O)CC(C(OC(C)=O)C12)C3(C)C. The molecular formula is C28H40O10. The Morgan fingerprint density at radius 2 is 1.42 bits per heavy atom. The molecule has 8 atom stereocenters. The van der Waals surface area contributed by atoms with E-state index in [2.05, 4.69) is 6.58 Å². The first-order valence-corrected chi connectivity index (χ1v) is 12.9. The van der Waals surface area contributed by atoms with Crippen LogP contribution in [0.25, 0.3) is 0 Å². The highest BCUT2D eigenvalue weighted by molar-refractivity contribution is 5.69. The molecule has 0 heterocycles. The van der Waals surface area contributed by atoms with Gasteiger partial charge in [-0.3, -0.25) is 19.2 Å². The fourth-order valence-electron chi connectivity index (χ4n) is 7.15.